The second-order valence-electron chi connectivity index (χ2n) is 4.65. The van der Waals surface area contributed by atoms with Crippen LogP contribution in [0.15, 0.2) is 54.6 Å². The molecule has 124 valence electrons. The van der Waals surface area contributed by atoms with Gasteiger partial charge in [0.1, 0.15) is 24.8 Å². The van der Waals surface area contributed by atoms with Crippen molar-refractivity contribution < 1.29 is 23.6 Å². The van der Waals surface area contributed by atoms with Gasteiger partial charge in [-0.3, -0.25) is 10.1 Å². The van der Waals surface area contributed by atoms with Crippen molar-refractivity contribution in [2.24, 2.45) is 0 Å². The van der Waals surface area contributed by atoms with E-state index in [4.69, 9.17) is 9.47 Å². The smallest absolute Gasteiger partial charge is 0.330 e. The summed E-state index contributed by atoms with van der Waals surface area (Å²) in [6.07, 6.45) is 2.71. The van der Waals surface area contributed by atoms with E-state index in [1.54, 1.807) is 0 Å². The zero-order valence-corrected chi connectivity index (χ0v) is 12.6. The van der Waals surface area contributed by atoms with Gasteiger partial charge in [0.25, 0.3) is 5.69 Å². The standard InChI is InChI=1S/C17H14FNO5/c18-14-4-8-16(9-5-14)23-11-12-24-17(20)10-3-13-1-6-15(7-2-13)19(21)22/h1-10H,11-12H2/b10-3+. The zero-order chi connectivity index (χ0) is 17.4. The van der Waals surface area contributed by atoms with E-state index in [2.05, 4.69) is 0 Å². The molecule has 0 saturated carbocycles. The van der Waals surface area contributed by atoms with Crippen molar-refractivity contribution in [2.75, 3.05) is 13.2 Å². The van der Waals surface area contributed by atoms with Crippen LogP contribution < -0.4 is 4.74 Å². The molecule has 0 radical (unpaired) electrons. The Kier molecular flexibility index (Phi) is 6.01. The minimum Gasteiger partial charge on any atom is -0.490 e. The molecule has 0 unspecified atom stereocenters. The molecule has 0 fully saturated rings. The van der Waals surface area contributed by atoms with Crippen molar-refractivity contribution >= 4 is 17.7 Å². The Morgan fingerprint density at radius 2 is 1.75 bits per heavy atom. The van der Waals surface area contributed by atoms with Gasteiger partial charge >= 0.3 is 5.97 Å². The number of ether oxygens (including phenoxy) is 2. The minimum atomic E-state index is -0.559. The minimum absolute atomic E-state index is 0.0207. The first kappa shape index (κ1) is 17.1. The number of nitro benzene ring substituents is 1. The van der Waals surface area contributed by atoms with E-state index in [-0.39, 0.29) is 24.7 Å². The average Bonchev–Trinajstić information content (AvgIpc) is 2.59. The molecule has 7 heteroatoms. The van der Waals surface area contributed by atoms with E-state index >= 15 is 0 Å². The summed E-state index contributed by atoms with van der Waals surface area (Å²) in [4.78, 5) is 21.6. The van der Waals surface area contributed by atoms with Crippen LogP contribution >= 0.6 is 0 Å². The first-order chi connectivity index (χ1) is 11.5. The fourth-order valence-electron chi connectivity index (χ4n) is 1.75. The Hall–Kier alpha value is -3.22. The average molecular weight is 331 g/mol. The summed E-state index contributed by atoms with van der Waals surface area (Å²) in [5.74, 6) is -0.435. The molecule has 24 heavy (non-hydrogen) atoms. The first-order valence-corrected chi connectivity index (χ1v) is 7.02. The molecule has 0 aliphatic carbocycles. The number of carbonyl (C=O) groups excluding carboxylic acids is 1. The van der Waals surface area contributed by atoms with E-state index in [1.807, 2.05) is 0 Å². The highest BCUT2D eigenvalue weighted by Gasteiger charge is 2.03. The van der Waals surface area contributed by atoms with Crippen LogP contribution in [0.2, 0.25) is 0 Å². The SMILES string of the molecule is O=C(/C=C/c1ccc([N+](=O)[O-])cc1)OCCOc1ccc(F)cc1. The number of esters is 1. The summed E-state index contributed by atoms with van der Waals surface area (Å²) in [5, 5.41) is 10.5. The van der Waals surface area contributed by atoms with Gasteiger partial charge in [-0.15, -0.1) is 0 Å². The lowest BCUT2D eigenvalue weighted by Crippen LogP contribution is -2.10. The Bertz CT molecular complexity index is 726. The highest BCUT2D eigenvalue weighted by Crippen LogP contribution is 2.13. The third kappa shape index (κ3) is 5.53. The van der Waals surface area contributed by atoms with Crippen LogP contribution in [0.25, 0.3) is 6.08 Å². The van der Waals surface area contributed by atoms with Gasteiger partial charge in [-0.05, 0) is 48.0 Å². The topological polar surface area (TPSA) is 78.7 Å². The largest absolute Gasteiger partial charge is 0.490 e. The molecule has 0 saturated heterocycles. The number of hydrogen-bond donors (Lipinski definition) is 0. The van der Waals surface area contributed by atoms with Crippen molar-refractivity contribution in [3.63, 3.8) is 0 Å². The zero-order valence-electron chi connectivity index (χ0n) is 12.6. The summed E-state index contributed by atoms with van der Waals surface area (Å²) in [5.41, 5.74) is 0.618. The third-order valence-corrected chi connectivity index (χ3v) is 2.93. The molecule has 2 aromatic carbocycles. The third-order valence-electron chi connectivity index (χ3n) is 2.93. The number of hydrogen-bond acceptors (Lipinski definition) is 5. The fourth-order valence-corrected chi connectivity index (χ4v) is 1.75. The maximum atomic E-state index is 12.7. The molecule has 0 aliphatic heterocycles. The molecule has 0 aromatic heterocycles. The van der Waals surface area contributed by atoms with Crippen molar-refractivity contribution in [3.8, 4) is 5.75 Å². The highest BCUT2D eigenvalue weighted by atomic mass is 19.1. The molecular weight excluding hydrogens is 317 g/mol. The predicted octanol–water partition coefficient (Wildman–Crippen LogP) is 3.37. The van der Waals surface area contributed by atoms with E-state index in [0.717, 1.165) is 0 Å². The highest BCUT2D eigenvalue weighted by molar-refractivity contribution is 5.87. The van der Waals surface area contributed by atoms with E-state index in [0.29, 0.717) is 11.3 Å². The summed E-state index contributed by atoms with van der Waals surface area (Å²) in [7, 11) is 0. The first-order valence-electron chi connectivity index (χ1n) is 7.02. The van der Waals surface area contributed by atoms with Crippen LogP contribution in [-0.4, -0.2) is 24.1 Å². The number of benzene rings is 2. The maximum Gasteiger partial charge on any atom is 0.330 e. The summed E-state index contributed by atoms with van der Waals surface area (Å²) >= 11 is 0. The van der Waals surface area contributed by atoms with Gasteiger partial charge in [-0.1, -0.05) is 0 Å². The van der Waals surface area contributed by atoms with Crippen molar-refractivity contribution in [2.45, 2.75) is 0 Å². The van der Waals surface area contributed by atoms with Crippen LogP contribution in [0.1, 0.15) is 5.56 Å². The van der Waals surface area contributed by atoms with Gasteiger partial charge in [0.05, 0.1) is 4.92 Å². The Balaban J connectivity index is 1.72. The van der Waals surface area contributed by atoms with E-state index in [1.165, 1.54) is 60.7 Å². The predicted molar refractivity (Wildman–Crippen MR) is 85.0 cm³/mol. The lowest BCUT2D eigenvalue weighted by atomic mass is 10.2. The van der Waals surface area contributed by atoms with Gasteiger partial charge in [0.15, 0.2) is 0 Å². The monoisotopic (exact) mass is 331 g/mol. The van der Waals surface area contributed by atoms with E-state index < -0.39 is 10.9 Å². The molecule has 0 atom stereocenters. The number of nitrogens with zero attached hydrogens (tertiary/aromatic N) is 1. The second kappa shape index (κ2) is 8.42. The summed E-state index contributed by atoms with van der Waals surface area (Å²) in [6.45, 7) is 0.184. The van der Waals surface area contributed by atoms with Crippen LogP contribution in [0.4, 0.5) is 10.1 Å². The van der Waals surface area contributed by atoms with Gasteiger partial charge in [-0.25, -0.2) is 9.18 Å². The van der Waals surface area contributed by atoms with Crippen molar-refractivity contribution in [1.29, 1.82) is 0 Å². The summed E-state index contributed by atoms with van der Waals surface area (Å²) in [6, 6.07) is 11.3. The van der Waals surface area contributed by atoms with Crippen molar-refractivity contribution in [1.82, 2.24) is 0 Å². The second-order valence-corrected chi connectivity index (χ2v) is 4.65. The molecule has 2 rings (SSSR count). The number of carbonyl (C=O) groups is 1. The Morgan fingerprint density at radius 1 is 1.08 bits per heavy atom. The van der Waals surface area contributed by atoms with Crippen LogP contribution in [0.5, 0.6) is 5.75 Å². The molecule has 0 amide bonds. The molecule has 0 N–H and O–H groups in total. The molecule has 0 heterocycles. The number of nitro groups is 1. The van der Waals surface area contributed by atoms with Crippen LogP contribution in [0, 0.1) is 15.9 Å². The molecule has 0 aliphatic rings. The van der Waals surface area contributed by atoms with Gasteiger partial charge in [-0.2, -0.15) is 0 Å². The molecule has 6 nitrogen and oxygen atoms in total. The van der Waals surface area contributed by atoms with Crippen LogP contribution in [-0.2, 0) is 9.53 Å². The number of non-ortho nitro benzene ring substituents is 1. The normalized spacial score (nSPS) is 10.5. The van der Waals surface area contributed by atoms with Crippen LogP contribution in [0.3, 0.4) is 0 Å². The lowest BCUT2D eigenvalue weighted by molar-refractivity contribution is -0.384. The van der Waals surface area contributed by atoms with E-state index in [9.17, 15) is 19.3 Å². The maximum absolute atomic E-state index is 12.7. The molecule has 0 bridgehead atoms. The molecule has 2 aromatic rings. The Morgan fingerprint density at radius 3 is 2.38 bits per heavy atom. The quantitative estimate of drug-likeness (QED) is 0.255. The molecule has 0 spiro atoms. The number of halogens is 1. The Labute approximate surface area is 137 Å². The van der Waals surface area contributed by atoms with Gasteiger partial charge in [0.2, 0.25) is 0 Å². The summed E-state index contributed by atoms with van der Waals surface area (Å²) < 4.78 is 22.9. The van der Waals surface area contributed by atoms with Gasteiger partial charge in [0, 0.05) is 18.2 Å². The van der Waals surface area contributed by atoms with Crippen molar-refractivity contribution in [3.05, 3.63) is 76.1 Å². The fraction of sp³-hybridized carbons (Fsp3) is 0.118. The molecular formula is C17H14FNO5. The van der Waals surface area contributed by atoms with Gasteiger partial charge < -0.3 is 9.47 Å². The number of rotatable bonds is 7. The lowest BCUT2D eigenvalue weighted by Gasteiger charge is -2.05.